The van der Waals surface area contributed by atoms with Gasteiger partial charge < -0.3 is 10.5 Å². The summed E-state index contributed by atoms with van der Waals surface area (Å²) in [6.07, 6.45) is 3.99. The Morgan fingerprint density at radius 2 is 2.10 bits per heavy atom. The molecule has 6 heteroatoms. The average Bonchev–Trinajstić information content (AvgIpc) is 2.84. The number of rotatable bonds is 7. The molecule has 0 amide bonds. The average molecular weight is 293 g/mol. The minimum Gasteiger partial charge on any atom is -0.490 e. The van der Waals surface area contributed by atoms with Crippen LogP contribution >= 0.6 is 11.3 Å². The van der Waals surface area contributed by atoms with Crippen LogP contribution in [0.25, 0.3) is 10.2 Å². The van der Waals surface area contributed by atoms with Gasteiger partial charge in [0.2, 0.25) is 0 Å². The Bertz CT molecular complexity index is 621. The molecule has 2 N–H and O–H groups in total. The summed E-state index contributed by atoms with van der Waals surface area (Å²) in [5.74, 6) is -0.210. The number of ether oxygens (including phenoxy) is 1. The molecule has 0 radical (unpaired) electrons. The van der Waals surface area contributed by atoms with Crippen molar-refractivity contribution in [1.29, 1.82) is 5.26 Å². The van der Waals surface area contributed by atoms with Crippen molar-refractivity contribution in [3.63, 3.8) is 0 Å². The van der Waals surface area contributed by atoms with Gasteiger partial charge in [0.25, 0.3) is 0 Å². The summed E-state index contributed by atoms with van der Waals surface area (Å²) in [6, 6.07) is 4.89. The quantitative estimate of drug-likeness (QED) is 0.796. The number of hydrogen-bond acceptors (Lipinski definition) is 5. The van der Waals surface area contributed by atoms with Crippen molar-refractivity contribution < 1.29 is 9.13 Å². The highest BCUT2D eigenvalue weighted by Gasteiger charge is 2.10. The maximum atomic E-state index is 13.8. The van der Waals surface area contributed by atoms with Crippen LogP contribution in [0.15, 0.2) is 12.1 Å². The number of nitriles is 1. The highest BCUT2D eigenvalue weighted by molar-refractivity contribution is 7.19. The predicted molar refractivity (Wildman–Crippen MR) is 77.3 cm³/mol. The molecule has 20 heavy (non-hydrogen) atoms. The van der Waals surface area contributed by atoms with Gasteiger partial charge in [-0.2, -0.15) is 5.26 Å². The van der Waals surface area contributed by atoms with Crippen molar-refractivity contribution >= 4 is 21.6 Å². The molecule has 1 aromatic carbocycles. The first-order valence-electron chi connectivity index (χ1n) is 6.57. The van der Waals surface area contributed by atoms with Gasteiger partial charge >= 0.3 is 0 Å². The van der Waals surface area contributed by atoms with Crippen molar-refractivity contribution in [2.75, 3.05) is 13.2 Å². The van der Waals surface area contributed by atoms with E-state index in [9.17, 15) is 4.39 Å². The highest BCUT2D eigenvalue weighted by Crippen LogP contribution is 2.28. The second kappa shape index (κ2) is 7.17. The van der Waals surface area contributed by atoms with E-state index in [2.05, 4.69) is 4.98 Å². The molecule has 106 valence electrons. The van der Waals surface area contributed by atoms with E-state index < -0.39 is 5.82 Å². The Morgan fingerprint density at radius 3 is 2.85 bits per heavy atom. The Morgan fingerprint density at radius 1 is 1.30 bits per heavy atom. The van der Waals surface area contributed by atoms with E-state index in [-0.39, 0.29) is 5.75 Å². The lowest BCUT2D eigenvalue weighted by Gasteiger charge is -2.07. The molecule has 0 spiro atoms. The smallest absolute Gasteiger partial charge is 0.195 e. The van der Waals surface area contributed by atoms with Gasteiger partial charge in [0.05, 0.1) is 16.8 Å². The van der Waals surface area contributed by atoms with E-state index in [4.69, 9.17) is 15.7 Å². The van der Waals surface area contributed by atoms with Crippen LogP contribution in [-0.4, -0.2) is 18.1 Å². The fourth-order valence-electron chi connectivity index (χ4n) is 1.87. The van der Waals surface area contributed by atoms with Crippen LogP contribution < -0.4 is 10.5 Å². The van der Waals surface area contributed by atoms with Crippen LogP contribution in [0.4, 0.5) is 4.39 Å². The molecular formula is C14H16FN3OS. The first kappa shape index (κ1) is 14.7. The van der Waals surface area contributed by atoms with Crippen molar-refractivity contribution in [2.24, 2.45) is 5.73 Å². The van der Waals surface area contributed by atoms with Crippen molar-refractivity contribution in [2.45, 2.75) is 25.7 Å². The molecule has 0 aliphatic heterocycles. The third kappa shape index (κ3) is 3.65. The lowest BCUT2D eigenvalue weighted by Crippen LogP contribution is -2.01. The van der Waals surface area contributed by atoms with Crippen molar-refractivity contribution in [3.8, 4) is 11.8 Å². The van der Waals surface area contributed by atoms with Gasteiger partial charge in [-0.3, -0.25) is 0 Å². The van der Waals surface area contributed by atoms with Gasteiger partial charge in [0, 0.05) is 12.1 Å². The van der Waals surface area contributed by atoms with Crippen molar-refractivity contribution in [3.05, 3.63) is 23.0 Å². The molecule has 0 saturated heterocycles. The molecule has 0 bridgehead atoms. The van der Waals surface area contributed by atoms with Crippen LogP contribution in [0.2, 0.25) is 0 Å². The van der Waals surface area contributed by atoms with Gasteiger partial charge in [-0.15, -0.1) is 11.3 Å². The minimum absolute atomic E-state index is 0.226. The SMILES string of the molecule is N#Cc1nc2cc(F)c(OCCCCCCN)cc2s1. The number of fused-ring (bicyclic) bond motifs is 1. The zero-order valence-electron chi connectivity index (χ0n) is 11.1. The monoisotopic (exact) mass is 293 g/mol. The van der Waals surface area contributed by atoms with Crippen LogP contribution in [0, 0.1) is 17.1 Å². The number of nitrogens with two attached hydrogens (primary N) is 1. The van der Waals surface area contributed by atoms with Gasteiger partial charge in [0.15, 0.2) is 16.6 Å². The summed E-state index contributed by atoms with van der Waals surface area (Å²) in [5.41, 5.74) is 5.91. The Hall–Kier alpha value is -1.71. The molecule has 2 aromatic rings. The lowest BCUT2D eigenvalue weighted by molar-refractivity contribution is 0.291. The molecule has 0 aliphatic carbocycles. The number of unbranched alkanes of at least 4 members (excludes halogenated alkanes) is 3. The number of nitrogens with zero attached hydrogens (tertiary/aromatic N) is 2. The van der Waals surface area contributed by atoms with Crippen LogP contribution in [0.5, 0.6) is 5.75 Å². The summed E-state index contributed by atoms with van der Waals surface area (Å²) in [7, 11) is 0. The molecule has 2 rings (SSSR count). The van der Waals surface area contributed by atoms with E-state index in [0.717, 1.165) is 30.4 Å². The molecule has 0 fully saturated rings. The first-order chi connectivity index (χ1) is 9.74. The highest BCUT2D eigenvalue weighted by atomic mass is 32.1. The van der Waals surface area contributed by atoms with Gasteiger partial charge in [0.1, 0.15) is 6.07 Å². The largest absolute Gasteiger partial charge is 0.490 e. The van der Waals surface area contributed by atoms with Crippen molar-refractivity contribution in [1.82, 2.24) is 4.98 Å². The van der Waals surface area contributed by atoms with E-state index in [1.54, 1.807) is 6.07 Å². The fraction of sp³-hybridized carbons (Fsp3) is 0.429. The molecule has 1 heterocycles. The summed E-state index contributed by atoms with van der Waals surface area (Å²) < 4.78 is 20.0. The molecule has 0 aliphatic rings. The summed E-state index contributed by atoms with van der Waals surface area (Å²) in [5, 5.41) is 9.12. The molecule has 0 unspecified atom stereocenters. The Labute approximate surface area is 121 Å². The van der Waals surface area contributed by atoms with E-state index in [0.29, 0.717) is 23.7 Å². The fourth-order valence-corrected chi connectivity index (χ4v) is 2.64. The Balaban J connectivity index is 1.96. The second-order valence-corrected chi connectivity index (χ2v) is 5.46. The maximum Gasteiger partial charge on any atom is 0.195 e. The van der Waals surface area contributed by atoms with Crippen LogP contribution in [-0.2, 0) is 0 Å². The third-order valence-electron chi connectivity index (χ3n) is 2.89. The third-order valence-corrected chi connectivity index (χ3v) is 3.82. The van der Waals surface area contributed by atoms with Crippen LogP contribution in [0.3, 0.4) is 0 Å². The molecule has 0 atom stereocenters. The van der Waals surface area contributed by atoms with Crippen LogP contribution in [0.1, 0.15) is 30.7 Å². The van der Waals surface area contributed by atoms with Gasteiger partial charge in [-0.25, -0.2) is 9.37 Å². The topological polar surface area (TPSA) is 71.9 Å². The zero-order chi connectivity index (χ0) is 14.4. The number of thiazole rings is 1. The summed E-state index contributed by atoms with van der Waals surface area (Å²) in [6.45, 7) is 1.19. The number of aromatic nitrogens is 1. The van der Waals surface area contributed by atoms with E-state index in [1.165, 1.54) is 17.4 Å². The Kier molecular flexibility index (Phi) is 5.27. The molecule has 0 saturated carbocycles. The first-order valence-corrected chi connectivity index (χ1v) is 7.39. The predicted octanol–water partition coefficient (Wildman–Crippen LogP) is 3.20. The molecule has 4 nitrogen and oxygen atoms in total. The number of benzene rings is 1. The molecular weight excluding hydrogens is 277 g/mol. The second-order valence-electron chi connectivity index (χ2n) is 4.43. The zero-order valence-corrected chi connectivity index (χ0v) is 11.9. The summed E-state index contributed by atoms with van der Waals surface area (Å²) >= 11 is 1.24. The minimum atomic E-state index is -0.436. The number of hydrogen-bond donors (Lipinski definition) is 1. The molecule has 1 aromatic heterocycles. The van der Waals surface area contributed by atoms with Gasteiger partial charge in [-0.05, 0) is 19.4 Å². The normalized spacial score (nSPS) is 10.7. The van der Waals surface area contributed by atoms with E-state index in [1.807, 2.05) is 6.07 Å². The number of halogens is 1. The lowest BCUT2D eigenvalue weighted by atomic mass is 10.2. The maximum absolute atomic E-state index is 13.8. The summed E-state index contributed by atoms with van der Waals surface area (Å²) in [4.78, 5) is 4.01. The van der Waals surface area contributed by atoms with E-state index >= 15 is 0 Å². The van der Waals surface area contributed by atoms with Gasteiger partial charge in [-0.1, -0.05) is 12.8 Å². The standard InChI is InChI=1S/C14H16FN3OS/c15-10-7-11-13(20-14(9-17)18-11)8-12(10)19-6-4-2-1-3-5-16/h7-8H,1-6,16H2.